The second-order valence-corrected chi connectivity index (χ2v) is 7.52. The number of carbonyl (C=O) groups excluding carboxylic acids is 1. The molecule has 8 heteroatoms. The summed E-state index contributed by atoms with van der Waals surface area (Å²) in [6.45, 7) is 6.98. The van der Waals surface area contributed by atoms with Crippen LogP contribution in [-0.4, -0.2) is 46.3 Å². The third-order valence-electron chi connectivity index (χ3n) is 4.95. The molecular weight excluding hydrogens is 381 g/mol. The van der Waals surface area contributed by atoms with Crippen LogP contribution in [0.15, 0.2) is 48.2 Å². The van der Waals surface area contributed by atoms with E-state index >= 15 is 0 Å². The molecule has 1 aliphatic rings. The summed E-state index contributed by atoms with van der Waals surface area (Å²) in [7, 11) is 0. The zero-order valence-corrected chi connectivity index (χ0v) is 16.5. The second kappa shape index (κ2) is 8.82. The number of likely N-dealkylation sites (tertiary alicyclic amines) is 1. The van der Waals surface area contributed by atoms with Crippen molar-refractivity contribution in [3.05, 3.63) is 59.4 Å². The van der Waals surface area contributed by atoms with Crippen LogP contribution in [0, 0.1) is 0 Å². The largest absolute Gasteiger partial charge is 0.435 e. The molecular formula is C21H25F3N4O. The van der Waals surface area contributed by atoms with Crippen molar-refractivity contribution in [3.8, 4) is 5.69 Å². The van der Waals surface area contributed by atoms with Gasteiger partial charge in [-0.1, -0.05) is 11.6 Å². The lowest BCUT2D eigenvalue weighted by atomic mass is 10.0. The molecule has 2 aromatic rings. The second-order valence-electron chi connectivity index (χ2n) is 7.52. The third kappa shape index (κ3) is 5.69. The molecule has 29 heavy (non-hydrogen) atoms. The smallest absolute Gasteiger partial charge is 0.349 e. The first kappa shape index (κ1) is 21.1. The molecule has 5 nitrogen and oxygen atoms in total. The highest BCUT2D eigenvalue weighted by atomic mass is 19.4. The van der Waals surface area contributed by atoms with E-state index in [-0.39, 0.29) is 11.9 Å². The highest BCUT2D eigenvalue weighted by Gasteiger charge is 2.33. The molecule has 1 aromatic heterocycles. The van der Waals surface area contributed by atoms with Crippen molar-refractivity contribution in [1.82, 2.24) is 20.0 Å². The van der Waals surface area contributed by atoms with Crippen molar-refractivity contribution in [2.45, 2.75) is 38.9 Å². The van der Waals surface area contributed by atoms with Gasteiger partial charge in [-0.2, -0.15) is 18.3 Å². The fourth-order valence-electron chi connectivity index (χ4n) is 3.22. The van der Waals surface area contributed by atoms with Crippen molar-refractivity contribution in [1.29, 1.82) is 0 Å². The van der Waals surface area contributed by atoms with Crippen LogP contribution in [0.2, 0.25) is 0 Å². The van der Waals surface area contributed by atoms with Crippen LogP contribution in [0.5, 0.6) is 0 Å². The van der Waals surface area contributed by atoms with E-state index < -0.39 is 11.9 Å². The molecule has 1 aromatic carbocycles. The Hall–Kier alpha value is -2.61. The molecule has 1 amide bonds. The molecule has 0 spiro atoms. The highest BCUT2D eigenvalue weighted by molar-refractivity contribution is 5.94. The van der Waals surface area contributed by atoms with Crippen LogP contribution in [0.1, 0.15) is 42.7 Å². The lowest BCUT2D eigenvalue weighted by Gasteiger charge is -2.31. The Morgan fingerprint density at radius 3 is 2.38 bits per heavy atom. The van der Waals surface area contributed by atoms with Crippen molar-refractivity contribution >= 4 is 5.91 Å². The van der Waals surface area contributed by atoms with Gasteiger partial charge in [-0.3, -0.25) is 9.69 Å². The van der Waals surface area contributed by atoms with E-state index in [2.05, 4.69) is 35.2 Å². The van der Waals surface area contributed by atoms with Gasteiger partial charge < -0.3 is 5.32 Å². The first-order chi connectivity index (χ1) is 13.7. The van der Waals surface area contributed by atoms with E-state index in [9.17, 15) is 18.0 Å². The maximum atomic E-state index is 12.7. The number of amides is 1. The van der Waals surface area contributed by atoms with Gasteiger partial charge in [0, 0.05) is 37.4 Å². The number of aromatic nitrogens is 2. The molecule has 0 atom stereocenters. The Labute approximate surface area is 168 Å². The highest BCUT2D eigenvalue weighted by Crippen LogP contribution is 2.27. The number of nitrogens with zero attached hydrogens (tertiary/aromatic N) is 3. The summed E-state index contributed by atoms with van der Waals surface area (Å²) in [5.74, 6) is -0.171. The lowest BCUT2D eigenvalue weighted by molar-refractivity contribution is -0.141. The molecule has 156 valence electrons. The van der Waals surface area contributed by atoms with E-state index in [0.29, 0.717) is 11.3 Å². The number of allylic oxidation sites excluding steroid dienone is 1. The van der Waals surface area contributed by atoms with Crippen LogP contribution in [-0.2, 0) is 6.18 Å². The van der Waals surface area contributed by atoms with Crippen molar-refractivity contribution in [2.75, 3.05) is 19.6 Å². The Morgan fingerprint density at radius 1 is 1.17 bits per heavy atom. The quantitative estimate of drug-likeness (QED) is 0.762. The molecule has 0 unspecified atom stereocenters. The number of hydrogen-bond donors (Lipinski definition) is 1. The van der Waals surface area contributed by atoms with Gasteiger partial charge in [-0.05, 0) is 57.0 Å². The first-order valence-corrected chi connectivity index (χ1v) is 9.62. The summed E-state index contributed by atoms with van der Waals surface area (Å²) >= 11 is 0. The number of halogens is 3. The van der Waals surface area contributed by atoms with E-state index in [1.165, 1.54) is 11.8 Å². The van der Waals surface area contributed by atoms with Crippen LogP contribution in [0.25, 0.3) is 5.69 Å². The maximum Gasteiger partial charge on any atom is 0.435 e. The zero-order chi connectivity index (χ0) is 21.0. The minimum Gasteiger partial charge on any atom is -0.349 e. The van der Waals surface area contributed by atoms with Crippen LogP contribution in [0.4, 0.5) is 13.2 Å². The van der Waals surface area contributed by atoms with E-state index in [4.69, 9.17) is 0 Å². The summed E-state index contributed by atoms with van der Waals surface area (Å²) < 4.78 is 39.2. The Kier molecular flexibility index (Phi) is 6.42. The van der Waals surface area contributed by atoms with Crippen molar-refractivity contribution < 1.29 is 18.0 Å². The van der Waals surface area contributed by atoms with Gasteiger partial charge in [0.2, 0.25) is 0 Å². The Bertz CT molecular complexity index is 859. The summed E-state index contributed by atoms with van der Waals surface area (Å²) in [6, 6.07) is 7.43. The standard InChI is InChI=1S/C21H25F3N4O/c1-15(2)7-11-27-12-8-17(9-13-27)25-20(29)16-3-5-18(6-4-16)28-14-10-19(26-28)21(22,23)24/h3-7,10,14,17H,8-9,11-13H2,1-2H3,(H,25,29). The molecule has 1 saturated heterocycles. The number of rotatable bonds is 5. The Balaban J connectivity index is 1.55. The monoisotopic (exact) mass is 406 g/mol. The minimum absolute atomic E-state index is 0.130. The summed E-state index contributed by atoms with van der Waals surface area (Å²) in [5, 5.41) is 6.59. The van der Waals surface area contributed by atoms with E-state index in [1.807, 2.05) is 0 Å². The molecule has 0 saturated carbocycles. The predicted octanol–water partition coefficient (Wildman–Crippen LogP) is 4.05. The molecule has 0 radical (unpaired) electrons. The Morgan fingerprint density at radius 2 is 1.83 bits per heavy atom. The summed E-state index contributed by atoms with van der Waals surface area (Å²) in [6.07, 6.45) is 0.771. The predicted molar refractivity (Wildman–Crippen MR) is 105 cm³/mol. The molecule has 3 rings (SSSR count). The third-order valence-corrected chi connectivity index (χ3v) is 4.95. The van der Waals surface area contributed by atoms with Gasteiger partial charge in [0.05, 0.1) is 5.69 Å². The molecule has 0 bridgehead atoms. The first-order valence-electron chi connectivity index (χ1n) is 9.62. The van der Waals surface area contributed by atoms with Crippen LogP contribution >= 0.6 is 0 Å². The number of piperidine rings is 1. The average Bonchev–Trinajstić information content (AvgIpc) is 3.18. The van der Waals surface area contributed by atoms with Crippen LogP contribution < -0.4 is 5.32 Å². The number of nitrogens with one attached hydrogen (secondary N) is 1. The lowest BCUT2D eigenvalue weighted by Crippen LogP contribution is -2.44. The number of carbonyl (C=O) groups is 1. The van der Waals surface area contributed by atoms with Gasteiger partial charge in [0.1, 0.15) is 0 Å². The van der Waals surface area contributed by atoms with Gasteiger partial charge in [0.15, 0.2) is 5.69 Å². The molecule has 1 fully saturated rings. The van der Waals surface area contributed by atoms with Crippen LogP contribution in [0.3, 0.4) is 0 Å². The molecule has 1 N–H and O–H groups in total. The maximum absolute atomic E-state index is 12.7. The summed E-state index contributed by atoms with van der Waals surface area (Å²) in [4.78, 5) is 14.9. The number of benzene rings is 1. The van der Waals surface area contributed by atoms with Gasteiger partial charge in [-0.15, -0.1) is 0 Å². The summed E-state index contributed by atoms with van der Waals surface area (Å²) in [5.41, 5.74) is 1.29. The molecule has 2 heterocycles. The average molecular weight is 406 g/mol. The fourth-order valence-corrected chi connectivity index (χ4v) is 3.22. The van der Waals surface area contributed by atoms with Gasteiger partial charge in [-0.25, -0.2) is 4.68 Å². The molecule has 0 aliphatic carbocycles. The topological polar surface area (TPSA) is 50.2 Å². The van der Waals surface area contributed by atoms with Gasteiger partial charge >= 0.3 is 6.18 Å². The number of alkyl halides is 3. The van der Waals surface area contributed by atoms with Crippen molar-refractivity contribution in [2.24, 2.45) is 0 Å². The number of hydrogen-bond acceptors (Lipinski definition) is 3. The molecule has 1 aliphatic heterocycles. The minimum atomic E-state index is -4.48. The zero-order valence-electron chi connectivity index (χ0n) is 16.5. The van der Waals surface area contributed by atoms with E-state index in [1.54, 1.807) is 24.3 Å². The van der Waals surface area contributed by atoms with E-state index in [0.717, 1.165) is 43.2 Å². The normalized spacial score (nSPS) is 15.9. The fraction of sp³-hybridized carbons (Fsp3) is 0.429. The van der Waals surface area contributed by atoms with Gasteiger partial charge in [0.25, 0.3) is 5.91 Å². The van der Waals surface area contributed by atoms with Crippen molar-refractivity contribution in [3.63, 3.8) is 0 Å². The SMILES string of the molecule is CC(C)=CCN1CCC(NC(=O)c2ccc(-n3ccc(C(F)(F)F)n3)cc2)CC1.